The van der Waals surface area contributed by atoms with Crippen molar-refractivity contribution in [2.75, 3.05) is 13.1 Å². The highest BCUT2D eigenvalue weighted by atomic mass is 32.2. The first kappa shape index (κ1) is 10.7. The Bertz CT molecular complexity index is 452. The number of nitrogens with two attached hydrogens (primary N) is 1. The molecule has 0 amide bonds. The van der Waals surface area contributed by atoms with E-state index in [0.29, 0.717) is 18.0 Å². The molecule has 0 saturated carbocycles. The first-order valence-corrected chi connectivity index (χ1v) is 6.32. The minimum Gasteiger partial charge on any atom is -0.356 e. The lowest BCUT2D eigenvalue weighted by atomic mass is 10.3. The molecule has 0 bridgehead atoms. The van der Waals surface area contributed by atoms with Crippen LogP contribution in [0.15, 0.2) is 23.4 Å². The third-order valence-corrected chi connectivity index (χ3v) is 4.48. The molecule has 2 heterocycles. The highest BCUT2D eigenvalue weighted by Crippen LogP contribution is 2.20. The van der Waals surface area contributed by atoms with Crippen LogP contribution in [0.25, 0.3) is 0 Å². The zero-order chi connectivity index (χ0) is 11.1. The molecule has 0 unspecified atom stereocenters. The molecule has 6 heteroatoms. The van der Waals surface area contributed by atoms with Gasteiger partial charge in [0.15, 0.2) is 0 Å². The van der Waals surface area contributed by atoms with Gasteiger partial charge in [-0.2, -0.15) is 4.31 Å². The molecule has 1 aliphatic heterocycles. The minimum absolute atomic E-state index is 0.0245. The molecule has 2 rings (SSSR count). The molecule has 2 N–H and O–H groups in total. The Kier molecular flexibility index (Phi) is 2.57. The highest BCUT2D eigenvalue weighted by molar-refractivity contribution is 7.89. The summed E-state index contributed by atoms with van der Waals surface area (Å²) in [6.07, 6.45) is 4.08. The van der Waals surface area contributed by atoms with Crippen molar-refractivity contribution in [3.8, 4) is 0 Å². The molecule has 1 aromatic rings. The van der Waals surface area contributed by atoms with Crippen molar-refractivity contribution < 1.29 is 8.42 Å². The van der Waals surface area contributed by atoms with Crippen molar-refractivity contribution in [1.82, 2.24) is 8.87 Å². The quantitative estimate of drug-likeness (QED) is 0.760. The fourth-order valence-electron chi connectivity index (χ4n) is 1.75. The van der Waals surface area contributed by atoms with Gasteiger partial charge in [-0.1, -0.05) is 0 Å². The molecule has 0 radical (unpaired) electrons. The van der Waals surface area contributed by atoms with Crippen LogP contribution in [-0.2, 0) is 17.1 Å². The molecule has 1 aliphatic rings. The van der Waals surface area contributed by atoms with Crippen LogP contribution in [0.5, 0.6) is 0 Å². The number of rotatable bonds is 2. The van der Waals surface area contributed by atoms with E-state index in [9.17, 15) is 8.42 Å². The summed E-state index contributed by atoms with van der Waals surface area (Å²) in [6.45, 7) is 0.954. The van der Waals surface area contributed by atoms with E-state index >= 15 is 0 Å². The summed E-state index contributed by atoms with van der Waals surface area (Å²) in [6, 6.07) is 1.59. The molecule has 0 aromatic carbocycles. The van der Waals surface area contributed by atoms with Gasteiger partial charge in [-0.15, -0.1) is 0 Å². The lowest BCUT2D eigenvalue weighted by molar-refractivity contribution is 0.472. The summed E-state index contributed by atoms with van der Waals surface area (Å²) in [5.74, 6) is 0. The Morgan fingerprint density at radius 3 is 2.73 bits per heavy atom. The number of aromatic nitrogens is 1. The lowest BCUT2D eigenvalue weighted by Gasteiger charge is -2.14. The minimum atomic E-state index is -3.32. The average molecular weight is 229 g/mol. The van der Waals surface area contributed by atoms with Gasteiger partial charge in [-0.05, 0) is 12.5 Å². The summed E-state index contributed by atoms with van der Waals surface area (Å²) >= 11 is 0. The van der Waals surface area contributed by atoms with Crippen molar-refractivity contribution in [1.29, 1.82) is 0 Å². The van der Waals surface area contributed by atoms with Gasteiger partial charge >= 0.3 is 0 Å². The third kappa shape index (κ3) is 1.92. The SMILES string of the molecule is Cn1ccc(S(=O)(=O)N2CC[C@H](N)C2)c1. The predicted octanol–water partition coefficient (Wildman–Crippen LogP) is -0.253. The Morgan fingerprint density at radius 1 is 1.53 bits per heavy atom. The number of nitrogens with zero attached hydrogens (tertiary/aromatic N) is 2. The molecule has 0 spiro atoms. The average Bonchev–Trinajstić information content (AvgIpc) is 2.74. The first-order chi connectivity index (χ1) is 7.00. The monoisotopic (exact) mass is 229 g/mol. The van der Waals surface area contributed by atoms with E-state index in [2.05, 4.69) is 0 Å². The second-order valence-electron chi connectivity index (χ2n) is 3.92. The van der Waals surface area contributed by atoms with Gasteiger partial charge in [-0.25, -0.2) is 8.42 Å². The van der Waals surface area contributed by atoms with Crippen molar-refractivity contribution in [3.63, 3.8) is 0 Å². The van der Waals surface area contributed by atoms with Crippen LogP contribution >= 0.6 is 0 Å². The maximum atomic E-state index is 12.1. The molecule has 0 aliphatic carbocycles. The highest BCUT2D eigenvalue weighted by Gasteiger charge is 2.31. The van der Waals surface area contributed by atoms with Crippen LogP contribution in [-0.4, -0.2) is 36.4 Å². The largest absolute Gasteiger partial charge is 0.356 e. The van der Waals surface area contributed by atoms with Crippen LogP contribution in [0.4, 0.5) is 0 Å². The molecule has 5 nitrogen and oxygen atoms in total. The van der Waals surface area contributed by atoms with Crippen molar-refractivity contribution in [3.05, 3.63) is 18.5 Å². The van der Waals surface area contributed by atoms with Gasteiger partial charge < -0.3 is 10.3 Å². The fraction of sp³-hybridized carbons (Fsp3) is 0.556. The van der Waals surface area contributed by atoms with Gasteiger partial charge in [0.25, 0.3) is 0 Å². The Balaban J connectivity index is 2.27. The predicted molar refractivity (Wildman–Crippen MR) is 56.8 cm³/mol. The molecule has 1 atom stereocenters. The Morgan fingerprint density at radius 2 is 2.27 bits per heavy atom. The summed E-state index contributed by atoms with van der Waals surface area (Å²) in [7, 11) is -1.52. The van der Waals surface area contributed by atoms with Gasteiger partial charge in [-0.3, -0.25) is 0 Å². The molecule has 15 heavy (non-hydrogen) atoms. The molecule has 1 saturated heterocycles. The van der Waals surface area contributed by atoms with Crippen LogP contribution in [0.2, 0.25) is 0 Å². The van der Waals surface area contributed by atoms with E-state index in [0.717, 1.165) is 6.42 Å². The topological polar surface area (TPSA) is 68.3 Å². The van der Waals surface area contributed by atoms with Crippen LogP contribution < -0.4 is 5.73 Å². The summed E-state index contributed by atoms with van der Waals surface area (Å²) in [4.78, 5) is 0.346. The second kappa shape index (κ2) is 3.62. The second-order valence-corrected chi connectivity index (χ2v) is 5.86. The molecule has 1 aromatic heterocycles. The standard InChI is InChI=1S/C9H15N3O2S/c1-11-4-3-9(7-11)15(13,14)12-5-2-8(10)6-12/h3-4,7-8H,2,5-6,10H2,1H3/t8-/m0/s1. The molecular weight excluding hydrogens is 214 g/mol. The van der Waals surface area contributed by atoms with Crippen LogP contribution in [0, 0.1) is 0 Å². The zero-order valence-electron chi connectivity index (χ0n) is 8.63. The number of aryl methyl sites for hydroxylation is 1. The molecule has 1 fully saturated rings. The van der Waals surface area contributed by atoms with Gasteiger partial charge in [0, 0.05) is 38.6 Å². The van der Waals surface area contributed by atoms with Crippen molar-refractivity contribution in [2.45, 2.75) is 17.4 Å². The smallest absolute Gasteiger partial charge is 0.244 e. The van der Waals surface area contributed by atoms with E-state index in [-0.39, 0.29) is 6.04 Å². The van der Waals surface area contributed by atoms with Gasteiger partial charge in [0.05, 0.1) is 4.90 Å². The van der Waals surface area contributed by atoms with Crippen LogP contribution in [0.3, 0.4) is 0 Å². The number of hydrogen-bond donors (Lipinski definition) is 1. The first-order valence-electron chi connectivity index (χ1n) is 4.88. The van der Waals surface area contributed by atoms with E-state index in [4.69, 9.17) is 5.73 Å². The van der Waals surface area contributed by atoms with E-state index in [1.54, 1.807) is 30.1 Å². The van der Waals surface area contributed by atoms with E-state index in [1.807, 2.05) is 0 Å². The summed E-state index contributed by atoms with van der Waals surface area (Å²) in [5, 5.41) is 0. The van der Waals surface area contributed by atoms with Gasteiger partial charge in [0.1, 0.15) is 0 Å². The Hall–Kier alpha value is -0.850. The molecular formula is C9H15N3O2S. The maximum absolute atomic E-state index is 12.1. The number of sulfonamides is 1. The lowest BCUT2D eigenvalue weighted by Crippen LogP contribution is -2.31. The van der Waals surface area contributed by atoms with E-state index < -0.39 is 10.0 Å². The zero-order valence-corrected chi connectivity index (χ0v) is 9.44. The Labute approximate surface area is 89.5 Å². The van der Waals surface area contributed by atoms with Crippen molar-refractivity contribution >= 4 is 10.0 Å². The third-order valence-electron chi connectivity index (χ3n) is 2.63. The van der Waals surface area contributed by atoms with Crippen LogP contribution in [0.1, 0.15) is 6.42 Å². The van der Waals surface area contributed by atoms with Gasteiger partial charge in [0.2, 0.25) is 10.0 Å². The van der Waals surface area contributed by atoms with E-state index in [1.165, 1.54) is 4.31 Å². The maximum Gasteiger partial charge on any atom is 0.244 e. The molecule has 84 valence electrons. The normalized spacial score (nSPS) is 23.5. The fourth-order valence-corrected chi connectivity index (χ4v) is 3.32. The number of hydrogen-bond acceptors (Lipinski definition) is 3. The summed E-state index contributed by atoms with van der Waals surface area (Å²) in [5.41, 5.74) is 5.69. The summed E-state index contributed by atoms with van der Waals surface area (Å²) < 4.78 is 27.3. The van der Waals surface area contributed by atoms with Crippen molar-refractivity contribution in [2.24, 2.45) is 12.8 Å².